The molecular formula is C21H16N2O4S. The molecule has 140 valence electrons. The molecule has 4 rings (SSSR count). The highest BCUT2D eigenvalue weighted by molar-refractivity contribution is 7.17. The minimum absolute atomic E-state index is 0.105. The number of carbonyl (C=O) groups excluding carboxylic acids is 1. The Balaban J connectivity index is 1.35. The second kappa shape index (κ2) is 8.06. The van der Waals surface area contributed by atoms with Crippen molar-refractivity contribution >= 4 is 27.5 Å². The first-order valence-corrected chi connectivity index (χ1v) is 9.47. The predicted octanol–water partition coefficient (Wildman–Crippen LogP) is 3.92. The molecule has 28 heavy (non-hydrogen) atoms. The Kier molecular flexibility index (Phi) is 5.16. The van der Waals surface area contributed by atoms with Gasteiger partial charge in [-0.05, 0) is 41.3 Å². The summed E-state index contributed by atoms with van der Waals surface area (Å²) in [5.41, 5.74) is 1.83. The number of hydrogen-bond acceptors (Lipinski definition) is 6. The first-order chi connectivity index (χ1) is 13.7. The Morgan fingerprint density at radius 3 is 2.57 bits per heavy atom. The third kappa shape index (κ3) is 4.10. The van der Waals surface area contributed by atoms with E-state index >= 15 is 0 Å². The quantitative estimate of drug-likeness (QED) is 0.503. The first kappa shape index (κ1) is 17.9. The minimum atomic E-state index is -0.498. The number of aromatic nitrogens is 2. The zero-order chi connectivity index (χ0) is 19.3. The van der Waals surface area contributed by atoms with Gasteiger partial charge >= 0.3 is 5.97 Å². The molecule has 0 radical (unpaired) electrons. The number of aromatic amines is 1. The number of ether oxygens (including phenoxy) is 2. The number of hydrogen-bond donors (Lipinski definition) is 1. The van der Waals surface area contributed by atoms with E-state index in [2.05, 4.69) is 9.97 Å². The third-order valence-corrected chi connectivity index (χ3v) is 4.94. The molecule has 0 saturated heterocycles. The topological polar surface area (TPSA) is 81.3 Å². The van der Waals surface area contributed by atoms with E-state index in [0.29, 0.717) is 34.0 Å². The molecule has 0 unspecified atom stereocenters. The fraction of sp³-hybridized carbons (Fsp3) is 0.0952. The Labute approximate surface area is 164 Å². The van der Waals surface area contributed by atoms with Gasteiger partial charge in [0, 0.05) is 0 Å². The molecule has 1 N–H and O–H groups in total. The van der Waals surface area contributed by atoms with Crippen LogP contribution in [0.4, 0.5) is 0 Å². The highest BCUT2D eigenvalue weighted by Crippen LogP contribution is 2.16. The number of rotatable bonds is 6. The summed E-state index contributed by atoms with van der Waals surface area (Å²) in [6.07, 6.45) is 0. The van der Waals surface area contributed by atoms with Crippen molar-refractivity contribution in [3.05, 3.63) is 93.3 Å². The Morgan fingerprint density at radius 1 is 1.00 bits per heavy atom. The largest absolute Gasteiger partial charge is 0.489 e. The number of carbonyl (C=O) groups is 1. The smallest absolute Gasteiger partial charge is 0.338 e. The molecule has 4 aromatic rings. The van der Waals surface area contributed by atoms with Crippen molar-refractivity contribution < 1.29 is 14.3 Å². The van der Waals surface area contributed by atoms with Crippen molar-refractivity contribution in [3.63, 3.8) is 0 Å². The summed E-state index contributed by atoms with van der Waals surface area (Å²) in [5.74, 6) is 0.476. The maximum Gasteiger partial charge on any atom is 0.338 e. The van der Waals surface area contributed by atoms with Crippen LogP contribution in [-0.4, -0.2) is 15.9 Å². The lowest BCUT2D eigenvalue weighted by Crippen LogP contribution is -2.13. The fourth-order valence-electron chi connectivity index (χ4n) is 2.64. The molecular weight excluding hydrogens is 376 g/mol. The lowest BCUT2D eigenvalue weighted by Gasteiger charge is -2.08. The van der Waals surface area contributed by atoms with Crippen LogP contribution < -0.4 is 10.3 Å². The second-order valence-corrected chi connectivity index (χ2v) is 6.94. The zero-order valence-corrected chi connectivity index (χ0v) is 15.6. The van der Waals surface area contributed by atoms with Gasteiger partial charge in [-0.1, -0.05) is 30.3 Å². The Morgan fingerprint density at radius 2 is 1.79 bits per heavy atom. The molecule has 2 heterocycles. The standard InChI is InChI=1S/C21H16N2O4S/c24-20-19-17(10-11-28-19)22-18(23-20)13-27-21(25)15-6-8-16(9-7-15)26-12-14-4-2-1-3-5-14/h1-11H,12-13H2,(H,22,23,24). The van der Waals surface area contributed by atoms with Crippen LogP contribution in [0.15, 0.2) is 70.8 Å². The van der Waals surface area contributed by atoms with Gasteiger partial charge in [0.25, 0.3) is 5.56 Å². The SMILES string of the molecule is O=C(OCc1nc2ccsc2c(=O)[nH]1)c1ccc(OCc2ccccc2)cc1. The van der Waals surface area contributed by atoms with Crippen LogP contribution in [0.5, 0.6) is 5.75 Å². The van der Waals surface area contributed by atoms with Gasteiger partial charge in [0.2, 0.25) is 0 Å². The summed E-state index contributed by atoms with van der Waals surface area (Å²) in [4.78, 5) is 31.1. The number of nitrogens with zero attached hydrogens (tertiary/aromatic N) is 1. The zero-order valence-electron chi connectivity index (χ0n) is 14.8. The molecule has 6 nitrogen and oxygen atoms in total. The van der Waals surface area contributed by atoms with Crippen LogP contribution >= 0.6 is 11.3 Å². The lowest BCUT2D eigenvalue weighted by molar-refractivity contribution is 0.0462. The van der Waals surface area contributed by atoms with E-state index in [1.165, 1.54) is 11.3 Å². The van der Waals surface area contributed by atoms with Gasteiger partial charge < -0.3 is 14.5 Å². The summed E-state index contributed by atoms with van der Waals surface area (Å²) in [6, 6.07) is 18.3. The Hall–Kier alpha value is -3.45. The summed E-state index contributed by atoms with van der Waals surface area (Å²) in [7, 11) is 0. The number of esters is 1. The number of fused-ring (bicyclic) bond motifs is 1. The van der Waals surface area contributed by atoms with E-state index in [-0.39, 0.29) is 12.2 Å². The van der Waals surface area contributed by atoms with E-state index < -0.39 is 5.97 Å². The molecule has 0 aliphatic rings. The molecule has 0 aliphatic heterocycles. The van der Waals surface area contributed by atoms with Crippen molar-refractivity contribution in [2.24, 2.45) is 0 Å². The highest BCUT2D eigenvalue weighted by Gasteiger charge is 2.10. The molecule has 0 spiro atoms. The second-order valence-electron chi connectivity index (χ2n) is 6.02. The molecule has 0 aliphatic carbocycles. The van der Waals surface area contributed by atoms with Gasteiger partial charge in [0.15, 0.2) is 0 Å². The normalized spacial score (nSPS) is 10.7. The van der Waals surface area contributed by atoms with Crippen molar-refractivity contribution in [2.45, 2.75) is 13.2 Å². The van der Waals surface area contributed by atoms with Crippen molar-refractivity contribution in [3.8, 4) is 5.75 Å². The molecule has 0 fully saturated rings. The molecule has 0 amide bonds. The average molecular weight is 392 g/mol. The number of thiophene rings is 1. The number of H-pyrrole nitrogens is 1. The van der Waals surface area contributed by atoms with Crippen molar-refractivity contribution in [1.82, 2.24) is 9.97 Å². The van der Waals surface area contributed by atoms with E-state index in [9.17, 15) is 9.59 Å². The first-order valence-electron chi connectivity index (χ1n) is 8.59. The maximum absolute atomic E-state index is 12.2. The third-order valence-electron chi connectivity index (χ3n) is 4.04. The summed E-state index contributed by atoms with van der Waals surface area (Å²) in [6.45, 7) is 0.348. The number of benzene rings is 2. The van der Waals surface area contributed by atoms with Crippen LogP contribution in [0.3, 0.4) is 0 Å². The maximum atomic E-state index is 12.2. The van der Waals surface area contributed by atoms with Gasteiger partial charge in [-0.2, -0.15) is 0 Å². The van der Waals surface area contributed by atoms with Gasteiger partial charge in [-0.25, -0.2) is 9.78 Å². The Bertz CT molecular complexity index is 1150. The van der Waals surface area contributed by atoms with Gasteiger partial charge in [0.05, 0.1) is 11.1 Å². The van der Waals surface area contributed by atoms with Crippen molar-refractivity contribution in [1.29, 1.82) is 0 Å². The van der Waals surface area contributed by atoms with Crippen LogP contribution in [0.25, 0.3) is 10.2 Å². The minimum Gasteiger partial charge on any atom is -0.489 e. The van der Waals surface area contributed by atoms with Crippen LogP contribution in [0.2, 0.25) is 0 Å². The fourth-order valence-corrected chi connectivity index (χ4v) is 3.36. The molecule has 2 aromatic carbocycles. The van der Waals surface area contributed by atoms with Crippen LogP contribution in [-0.2, 0) is 18.0 Å². The van der Waals surface area contributed by atoms with E-state index in [1.807, 2.05) is 30.3 Å². The van der Waals surface area contributed by atoms with Crippen LogP contribution in [0.1, 0.15) is 21.7 Å². The van der Waals surface area contributed by atoms with Gasteiger partial charge in [-0.15, -0.1) is 11.3 Å². The van der Waals surface area contributed by atoms with Gasteiger partial charge in [0.1, 0.15) is 29.5 Å². The highest BCUT2D eigenvalue weighted by atomic mass is 32.1. The van der Waals surface area contributed by atoms with Crippen molar-refractivity contribution in [2.75, 3.05) is 0 Å². The average Bonchev–Trinajstić information content (AvgIpc) is 3.21. The monoisotopic (exact) mass is 392 g/mol. The summed E-state index contributed by atoms with van der Waals surface area (Å²) in [5, 5.41) is 1.80. The summed E-state index contributed by atoms with van der Waals surface area (Å²) >= 11 is 1.32. The molecule has 0 saturated carbocycles. The molecule has 0 atom stereocenters. The van der Waals surface area contributed by atoms with Gasteiger partial charge in [-0.3, -0.25) is 4.79 Å². The predicted molar refractivity (Wildman–Crippen MR) is 107 cm³/mol. The number of nitrogens with one attached hydrogen (secondary N) is 1. The summed E-state index contributed by atoms with van der Waals surface area (Å²) < 4.78 is 11.5. The molecule has 7 heteroatoms. The molecule has 0 bridgehead atoms. The van der Waals surface area contributed by atoms with E-state index in [0.717, 1.165) is 5.56 Å². The van der Waals surface area contributed by atoms with E-state index in [4.69, 9.17) is 9.47 Å². The molecule has 2 aromatic heterocycles. The lowest BCUT2D eigenvalue weighted by atomic mass is 10.2. The van der Waals surface area contributed by atoms with Crippen LogP contribution in [0, 0.1) is 0 Å². The van der Waals surface area contributed by atoms with E-state index in [1.54, 1.807) is 35.7 Å².